The van der Waals surface area contributed by atoms with Gasteiger partial charge in [0, 0.05) is 29.0 Å². The number of hydrazone groups is 1. The van der Waals surface area contributed by atoms with Crippen molar-refractivity contribution in [2.24, 2.45) is 5.10 Å². The number of hydrogen-bond acceptors (Lipinski definition) is 3. The van der Waals surface area contributed by atoms with Gasteiger partial charge in [0.25, 0.3) is 5.91 Å². The molecule has 5 nitrogen and oxygen atoms in total. The van der Waals surface area contributed by atoms with Crippen molar-refractivity contribution in [3.63, 3.8) is 0 Å². The number of aryl methyl sites for hydroxylation is 2. The van der Waals surface area contributed by atoms with Gasteiger partial charge in [-0.15, -0.1) is 0 Å². The van der Waals surface area contributed by atoms with Crippen LogP contribution in [0, 0.1) is 0 Å². The standard InChI is InChI=1S/C19H18N4O/c24-19(23-21-12-13-5-4-10-20-11-13)16-8-3-7-15-14-6-1-2-9-17(14)22-18(15)16/h3-5,7-8,10-12,22H,1-2,6,9H2,(H,23,24)/b21-12+. The molecule has 0 atom stereocenters. The summed E-state index contributed by atoms with van der Waals surface area (Å²) in [6.45, 7) is 0. The summed E-state index contributed by atoms with van der Waals surface area (Å²) in [5.41, 5.74) is 7.63. The molecule has 24 heavy (non-hydrogen) atoms. The Morgan fingerprint density at radius 3 is 3.00 bits per heavy atom. The van der Waals surface area contributed by atoms with E-state index in [-0.39, 0.29) is 5.91 Å². The van der Waals surface area contributed by atoms with Gasteiger partial charge >= 0.3 is 0 Å². The van der Waals surface area contributed by atoms with Gasteiger partial charge in [-0.2, -0.15) is 5.10 Å². The number of carbonyl (C=O) groups is 1. The molecule has 2 aromatic heterocycles. The minimum atomic E-state index is -0.209. The fraction of sp³-hybridized carbons (Fsp3) is 0.211. The molecule has 2 N–H and O–H groups in total. The number of nitrogens with zero attached hydrogens (tertiary/aromatic N) is 2. The molecule has 0 aliphatic heterocycles. The van der Waals surface area contributed by atoms with Crippen molar-refractivity contribution in [2.45, 2.75) is 25.7 Å². The average Bonchev–Trinajstić information content (AvgIpc) is 3.01. The summed E-state index contributed by atoms with van der Waals surface area (Å²) in [5, 5.41) is 5.19. The number of aromatic nitrogens is 2. The van der Waals surface area contributed by atoms with Crippen molar-refractivity contribution >= 4 is 23.0 Å². The van der Waals surface area contributed by atoms with Gasteiger partial charge in [-0.25, -0.2) is 5.43 Å². The van der Waals surface area contributed by atoms with E-state index in [0.29, 0.717) is 5.56 Å². The summed E-state index contributed by atoms with van der Waals surface area (Å²) in [6.07, 6.45) is 9.54. The predicted octanol–water partition coefficient (Wildman–Crippen LogP) is 3.21. The van der Waals surface area contributed by atoms with E-state index in [0.717, 1.165) is 29.3 Å². The lowest BCUT2D eigenvalue weighted by atomic mass is 9.95. The lowest BCUT2D eigenvalue weighted by Crippen LogP contribution is -2.18. The predicted molar refractivity (Wildman–Crippen MR) is 94.2 cm³/mol. The van der Waals surface area contributed by atoms with E-state index in [2.05, 4.69) is 26.6 Å². The van der Waals surface area contributed by atoms with Gasteiger partial charge in [-0.1, -0.05) is 18.2 Å². The molecular formula is C19H18N4O. The summed E-state index contributed by atoms with van der Waals surface area (Å²) in [5.74, 6) is -0.209. The molecule has 0 saturated carbocycles. The molecule has 120 valence electrons. The Kier molecular flexibility index (Phi) is 3.83. The van der Waals surface area contributed by atoms with Crippen LogP contribution in [-0.2, 0) is 12.8 Å². The Hall–Kier alpha value is -2.95. The second-order valence-electron chi connectivity index (χ2n) is 6.00. The van der Waals surface area contributed by atoms with Gasteiger partial charge in [0.05, 0.1) is 17.3 Å². The van der Waals surface area contributed by atoms with E-state index >= 15 is 0 Å². The van der Waals surface area contributed by atoms with E-state index in [9.17, 15) is 4.79 Å². The molecule has 0 bridgehead atoms. The number of benzene rings is 1. The number of H-pyrrole nitrogens is 1. The zero-order chi connectivity index (χ0) is 16.4. The number of nitrogens with one attached hydrogen (secondary N) is 2. The summed E-state index contributed by atoms with van der Waals surface area (Å²) in [4.78, 5) is 20.0. The number of rotatable bonds is 3. The number of fused-ring (bicyclic) bond motifs is 3. The number of aromatic amines is 1. The third-order valence-electron chi connectivity index (χ3n) is 4.44. The van der Waals surface area contributed by atoms with Crippen molar-refractivity contribution in [2.75, 3.05) is 0 Å². The smallest absolute Gasteiger partial charge is 0.273 e. The van der Waals surface area contributed by atoms with Crippen molar-refractivity contribution in [3.8, 4) is 0 Å². The average molecular weight is 318 g/mol. The van der Waals surface area contributed by atoms with E-state index in [4.69, 9.17) is 0 Å². The van der Waals surface area contributed by atoms with Gasteiger partial charge in [0.15, 0.2) is 0 Å². The first-order chi connectivity index (χ1) is 11.8. The highest BCUT2D eigenvalue weighted by molar-refractivity contribution is 6.07. The molecule has 0 radical (unpaired) electrons. The largest absolute Gasteiger partial charge is 0.358 e. The van der Waals surface area contributed by atoms with Crippen molar-refractivity contribution in [1.82, 2.24) is 15.4 Å². The van der Waals surface area contributed by atoms with Crippen LogP contribution in [0.1, 0.15) is 40.0 Å². The van der Waals surface area contributed by atoms with Gasteiger partial charge in [-0.05, 0) is 43.4 Å². The zero-order valence-corrected chi connectivity index (χ0v) is 13.2. The fourth-order valence-electron chi connectivity index (χ4n) is 3.30. The number of pyridine rings is 1. The van der Waals surface area contributed by atoms with Crippen molar-refractivity contribution < 1.29 is 4.79 Å². The number of carbonyl (C=O) groups excluding carboxylic acids is 1. The maximum atomic E-state index is 12.5. The Labute approximate surface area is 139 Å². The fourth-order valence-corrected chi connectivity index (χ4v) is 3.30. The molecule has 1 aliphatic carbocycles. The van der Waals surface area contributed by atoms with Crippen molar-refractivity contribution in [3.05, 3.63) is 65.1 Å². The van der Waals surface area contributed by atoms with Gasteiger partial charge in [-0.3, -0.25) is 9.78 Å². The normalized spacial score (nSPS) is 14.0. The zero-order valence-electron chi connectivity index (χ0n) is 13.2. The minimum absolute atomic E-state index is 0.209. The minimum Gasteiger partial charge on any atom is -0.358 e. The number of amides is 1. The van der Waals surface area contributed by atoms with E-state index in [1.54, 1.807) is 18.6 Å². The summed E-state index contributed by atoms with van der Waals surface area (Å²) >= 11 is 0. The summed E-state index contributed by atoms with van der Waals surface area (Å²) in [6, 6.07) is 9.56. The lowest BCUT2D eigenvalue weighted by Gasteiger charge is -2.10. The molecule has 2 heterocycles. The Morgan fingerprint density at radius 2 is 2.12 bits per heavy atom. The monoisotopic (exact) mass is 318 g/mol. The van der Waals surface area contributed by atoms with Crippen LogP contribution in [0.15, 0.2) is 47.8 Å². The number of hydrogen-bond donors (Lipinski definition) is 2. The van der Waals surface area contributed by atoms with Crippen LogP contribution in [0.5, 0.6) is 0 Å². The second-order valence-corrected chi connectivity index (χ2v) is 6.00. The van der Waals surface area contributed by atoms with Crippen LogP contribution in [-0.4, -0.2) is 22.1 Å². The van der Waals surface area contributed by atoms with Gasteiger partial charge in [0.2, 0.25) is 0 Å². The second kappa shape index (κ2) is 6.28. The first-order valence-corrected chi connectivity index (χ1v) is 8.19. The third-order valence-corrected chi connectivity index (χ3v) is 4.44. The van der Waals surface area contributed by atoms with Crippen LogP contribution >= 0.6 is 0 Å². The molecule has 0 fully saturated rings. The van der Waals surface area contributed by atoms with Crippen LogP contribution in [0.3, 0.4) is 0 Å². The molecular weight excluding hydrogens is 300 g/mol. The third kappa shape index (κ3) is 2.69. The maximum absolute atomic E-state index is 12.5. The highest BCUT2D eigenvalue weighted by Crippen LogP contribution is 2.30. The van der Waals surface area contributed by atoms with Gasteiger partial charge in [0.1, 0.15) is 0 Å². The SMILES string of the molecule is O=C(N/N=C/c1cccnc1)c1cccc2c3c([nH]c12)CCCC3. The Morgan fingerprint density at radius 1 is 1.21 bits per heavy atom. The first-order valence-electron chi connectivity index (χ1n) is 8.19. The highest BCUT2D eigenvalue weighted by Gasteiger charge is 2.18. The molecule has 1 aromatic carbocycles. The molecule has 1 aliphatic rings. The van der Waals surface area contributed by atoms with Crippen LogP contribution in [0.4, 0.5) is 0 Å². The summed E-state index contributed by atoms with van der Waals surface area (Å²) < 4.78 is 0. The summed E-state index contributed by atoms with van der Waals surface area (Å²) in [7, 11) is 0. The Balaban J connectivity index is 1.60. The lowest BCUT2D eigenvalue weighted by molar-refractivity contribution is 0.0956. The molecule has 4 rings (SSSR count). The Bertz CT molecular complexity index is 912. The van der Waals surface area contributed by atoms with Crippen molar-refractivity contribution in [1.29, 1.82) is 0 Å². The van der Waals surface area contributed by atoms with Crippen LogP contribution < -0.4 is 5.43 Å². The van der Waals surface area contributed by atoms with E-state index in [1.165, 1.54) is 24.1 Å². The molecule has 0 spiro atoms. The van der Waals surface area contributed by atoms with Crippen LogP contribution in [0.25, 0.3) is 10.9 Å². The molecule has 0 unspecified atom stereocenters. The quantitative estimate of drug-likeness (QED) is 0.575. The van der Waals surface area contributed by atoms with E-state index < -0.39 is 0 Å². The van der Waals surface area contributed by atoms with Crippen LogP contribution in [0.2, 0.25) is 0 Å². The first kappa shape index (κ1) is 14.6. The molecule has 5 heteroatoms. The molecule has 3 aromatic rings. The van der Waals surface area contributed by atoms with Gasteiger partial charge < -0.3 is 4.98 Å². The number of para-hydroxylation sites is 1. The molecule has 0 saturated heterocycles. The maximum Gasteiger partial charge on any atom is 0.273 e. The highest BCUT2D eigenvalue weighted by atomic mass is 16.2. The topological polar surface area (TPSA) is 70.1 Å². The van der Waals surface area contributed by atoms with E-state index in [1.807, 2.05) is 24.3 Å². The molecule has 1 amide bonds.